The Kier molecular flexibility index (Phi) is 13.9. The van der Waals surface area contributed by atoms with Gasteiger partial charge in [0, 0.05) is 19.5 Å². The van der Waals surface area contributed by atoms with E-state index >= 15 is 0 Å². The zero-order valence-electron chi connectivity index (χ0n) is 16.0. The van der Waals surface area contributed by atoms with Gasteiger partial charge in [-0.15, -0.1) is 0 Å². The predicted octanol–water partition coefficient (Wildman–Crippen LogP) is 5.41. The Balaban J connectivity index is 1.77. The minimum atomic E-state index is 0.331. The normalized spacial score (nSPS) is 14.8. The summed E-state index contributed by atoms with van der Waals surface area (Å²) in [5, 5.41) is 3.21. The molecular weight excluding hydrogens is 296 g/mol. The molecule has 1 N–H and O–H groups in total. The van der Waals surface area contributed by atoms with Crippen LogP contribution < -0.4 is 5.32 Å². The average Bonchev–Trinajstić information content (AvgIpc) is 3.13. The van der Waals surface area contributed by atoms with Crippen LogP contribution >= 0.6 is 0 Å². The second kappa shape index (κ2) is 15.7. The molecule has 0 aliphatic carbocycles. The highest BCUT2D eigenvalue weighted by Crippen LogP contribution is 2.10. The van der Waals surface area contributed by atoms with Crippen LogP contribution in [-0.4, -0.2) is 30.6 Å². The smallest absolute Gasteiger partial charge is 0.223 e. The molecular formula is C21H40N2O. The van der Waals surface area contributed by atoms with E-state index in [9.17, 15) is 4.79 Å². The van der Waals surface area contributed by atoms with Gasteiger partial charge in [-0.2, -0.15) is 0 Å². The highest BCUT2D eigenvalue weighted by atomic mass is 16.2. The van der Waals surface area contributed by atoms with Crippen LogP contribution in [0.5, 0.6) is 0 Å². The lowest BCUT2D eigenvalue weighted by Crippen LogP contribution is -2.29. The van der Waals surface area contributed by atoms with Gasteiger partial charge in [-0.3, -0.25) is 10.1 Å². The summed E-state index contributed by atoms with van der Waals surface area (Å²) >= 11 is 0. The Morgan fingerprint density at radius 3 is 2.04 bits per heavy atom. The Hall–Kier alpha value is -0.830. The van der Waals surface area contributed by atoms with Gasteiger partial charge in [0.15, 0.2) is 0 Å². The van der Waals surface area contributed by atoms with Crippen molar-refractivity contribution in [3.63, 3.8) is 0 Å². The largest absolute Gasteiger partial charge is 0.329 e. The molecule has 140 valence electrons. The topological polar surface area (TPSA) is 32.3 Å². The van der Waals surface area contributed by atoms with E-state index in [1.165, 1.54) is 77.0 Å². The van der Waals surface area contributed by atoms with Gasteiger partial charge in [-0.05, 0) is 32.1 Å². The maximum absolute atomic E-state index is 11.9. The number of unbranched alkanes of at least 4 members (excludes halogenated alkanes) is 11. The van der Waals surface area contributed by atoms with Crippen LogP contribution in [0.15, 0.2) is 12.2 Å². The van der Waals surface area contributed by atoms with Crippen molar-refractivity contribution in [3.8, 4) is 0 Å². The van der Waals surface area contributed by atoms with Crippen LogP contribution in [0.25, 0.3) is 0 Å². The molecule has 0 atom stereocenters. The van der Waals surface area contributed by atoms with Crippen molar-refractivity contribution < 1.29 is 4.79 Å². The fourth-order valence-corrected chi connectivity index (χ4v) is 3.23. The first kappa shape index (κ1) is 21.2. The maximum Gasteiger partial charge on any atom is 0.223 e. The third-order valence-electron chi connectivity index (χ3n) is 4.87. The molecule has 0 aromatic rings. The fraction of sp³-hybridized carbons (Fsp3) is 0.857. The molecule has 0 saturated carbocycles. The molecule has 0 unspecified atom stereocenters. The van der Waals surface area contributed by atoms with Gasteiger partial charge in [0.2, 0.25) is 5.91 Å². The van der Waals surface area contributed by atoms with E-state index in [0.717, 1.165) is 32.6 Å². The van der Waals surface area contributed by atoms with Crippen molar-refractivity contribution in [1.82, 2.24) is 10.2 Å². The standard InChI is InChI=1S/C21H40N2O/c1-2-3-4-5-6-7-8-9-10-11-12-13-14-15-16-17-21(24)23-19-18-22-20-23/h9-10,22H,2-8,11-20H2,1H3/b10-9-. The summed E-state index contributed by atoms with van der Waals surface area (Å²) in [7, 11) is 0. The van der Waals surface area contributed by atoms with Gasteiger partial charge < -0.3 is 4.90 Å². The van der Waals surface area contributed by atoms with Crippen LogP contribution in [-0.2, 0) is 4.79 Å². The lowest BCUT2D eigenvalue weighted by Gasteiger charge is -2.13. The van der Waals surface area contributed by atoms with Gasteiger partial charge in [0.05, 0.1) is 6.67 Å². The molecule has 0 bridgehead atoms. The summed E-state index contributed by atoms with van der Waals surface area (Å²) in [6.45, 7) is 4.88. The highest BCUT2D eigenvalue weighted by molar-refractivity contribution is 5.76. The lowest BCUT2D eigenvalue weighted by molar-refractivity contribution is -0.130. The number of carbonyl (C=O) groups is 1. The molecule has 0 aromatic heterocycles. The van der Waals surface area contributed by atoms with E-state index in [0.29, 0.717) is 5.91 Å². The minimum absolute atomic E-state index is 0.331. The van der Waals surface area contributed by atoms with Crippen molar-refractivity contribution in [1.29, 1.82) is 0 Å². The average molecular weight is 337 g/mol. The van der Waals surface area contributed by atoms with Crippen LogP contribution in [0.3, 0.4) is 0 Å². The first-order valence-electron chi connectivity index (χ1n) is 10.5. The second-order valence-electron chi connectivity index (χ2n) is 7.15. The van der Waals surface area contributed by atoms with Gasteiger partial charge in [-0.25, -0.2) is 0 Å². The summed E-state index contributed by atoms with van der Waals surface area (Å²) < 4.78 is 0. The lowest BCUT2D eigenvalue weighted by atomic mass is 10.1. The molecule has 0 radical (unpaired) electrons. The zero-order valence-corrected chi connectivity index (χ0v) is 16.0. The zero-order chi connectivity index (χ0) is 17.3. The summed E-state index contributed by atoms with van der Waals surface area (Å²) in [6.07, 6.45) is 22.5. The molecule has 1 saturated heterocycles. The van der Waals surface area contributed by atoms with Gasteiger partial charge in [-0.1, -0.05) is 70.4 Å². The Labute approximate surface area is 150 Å². The molecule has 0 spiro atoms. The summed E-state index contributed by atoms with van der Waals surface area (Å²) in [6, 6.07) is 0. The first-order valence-corrected chi connectivity index (χ1v) is 10.5. The van der Waals surface area contributed by atoms with Crippen LogP contribution in [0.2, 0.25) is 0 Å². The third-order valence-corrected chi connectivity index (χ3v) is 4.87. The van der Waals surface area contributed by atoms with E-state index in [-0.39, 0.29) is 0 Å². The van der Waals surface area contributed by atoms with Crippen molar-refractivity contribution in [3.05, 3.63) is 12.2 Å². The Bertz CT molecular complexity index is 322. The monoisotopic (exact) mass is 336 g/mol. The molecule has 1 rings (SSSR count). The van der Waals surface area contributed by atoms with Crippen molar-refractivity contribution in [2.75, 3.05) is 19.8 Å². The highest BCUT2D eigenvalue weighted by Gasteiger charge is 2.16. The Morgan fingerprint density at radius 2 is 1.46 bits per heavy atom. The van der Waals surface area contributed by atoms with Crippen LogP contribution in [0.1, 0.15) is 96.8 Å². The van der Waals surface area contributed by atoms with Crippen molar-refractivity contribution in [2.24, 2.45) is 0 Å². The van der Waals surface area contributed by atoms with E-state index in [4.69, 9.17) is 0 Å². The van der Waals surface area contributed by atoms with Gasteiger partial charge in [0.1, 0.15) is 0 Å². The molecule has 1 heterocycles. The third kappa shape index (κ3) is 11.7. The van der Waals surface area contributed by atoms with E-state index in [1.807, 2.05) is 4.90 Å². The van der Waals surface area contributed by atoms with Crippen LogP contribution in [0.4, 0.5) is 0 Å². The number of nitrogens with one attached hydrogen (secondary N) is 1. The number of carbonyl (C=O) groups excluding carboxylic acids is 1. The SMILES string of the molecule is CCCCCCCC/C=C\CCCCCCCC(=O)N1CCNC1. The van der Waals surface area contributed by atoms with E-state index in [1.54, 1.807) is 0 Å². The maximum atomic E-state index is 11.9. The number of allylic oxidation sites excluding steroid dienone is 2. The number of hydrogen-bond acceptors (Lipinski definition) is 2. The number of amides is 1. The van der Waals surface area contributed by atoms with Gasteiger partial charge in [0.25, 0.3) is 0 Å². The minimum Gasteiger partial charge on any atom is -0.329 e. The van der Waals surface area contributed by atoms with Gasteiger partial charge >= 0.3 is 0 Å². The molecule has 1 aliphatic rings. The fourth-order valence-electron chi connectivity index (χ4n) is 3.23. The number of nitrogens with zero attached hydrogens (tertiary/aromatic N) is 1. The summed E-state index contributed by atoms with van der Waals surface area (Å²) in [5.41, 5.74) is 0. The molecule has 3 nitrogen and oxygen atoms in total. The van der Waals surface area contributed by atoms with Crippen LogP contribution in [0, 0.1) is 0 Å². The molecule has 1 amide bonds. The first-order chi connectivity index (χ1) is 11.8. The number of hydrogen-bond donors (Lipinski definition) is 1. The second-order valence-corrected chi connectivity index (χ2v) is 7.15. The van der Waals surface area contributed by atoms with Crippen molar-refractivity contribution >= 4 is 5.91 Å². The predicted molar refractivity (Wildman–Crippen MR) is 104 cm³/mol. The van der Waals surface area contributed by atoms with E-state index < -0.39 is 0 Å². The number of rotatable bonds is 15. The molecule has 1 aliphatic heterocycles. The van der Waals surface area contributed by atoms with Crippen molar-refractivity contribution in [2.45, 2.75) is 96.8 Å². The molecule has 1 fully saturated rings. The summed E-state index contributed by atoms with van der Waals surface area (Å²) in [4.78, 5) is 13.8. The molecule has 24 heavy (non-hydrogen) atoms. The Morgan fingerprint density at radius 1 is 0.875 bits per heavy atom. The molecule has 0 aromatic carbocycles. The summed E-state index contributed by atoms with van der Waals surface area (Å²) in [5.74, 6) is 0.331. The molecule has 3 heteroatoms. The van der Waals surface area contributed by atoms with E-state index in [2.05, 4.69) is 24.4 Å². The quantitative estimate of drug-likeness (QED) is 0.320.